The zero-order valence-electron chi connectivity index (χ0n) is 14.3. The lowest BCUT2D eigenvalue weighted by molar-refractivity contribution is -0.117. The predicted molar refractivity (Wildman–Crippen MR) is 99.5 cm³/mol. The first kappa shape index (κ1) is 16.1. The zero-order valence-corrected chi connectivity index (χ0v) is 14.3. The van der Waals surface area contributed by atoms with Gasteiger partial charge in [-0.25, -0.2) is 4.79 Å². The van der Waals surface area contributed by atoms with Gasteiger partial charge in [0.2, 0.25) is 5.91 Å². The molecule has 1 aliphatic heterocycles. The Labute approximate surface area is 149 Å². The molecule has 0 saturated carbocycles. The van der Waals surface area contributed by atoms with Crippen LogP contribution in [0.4, 0.5) is 11.4 Å². The topological polar surface area (TPSA) is 87.2 Å². The van der Waals surface area contributed by atoms with E-state index in [9.17, 15) is 14.4 Å². The molecule has 0 aliphatic carbocycles. The molecule has 7 heteroatoms. The average Bonchev–Trinajstić information content (AvgIpc) is 3.19. The van der Waals surface area contributed by atoms with Gasteiger partial charge in [0.1, 0.15) is 0 Å². The molecular weight excluding hydrogens is 332 g/mol. The molecule has 7 nitrogen and oxygen atoms in total. The lowest BCUT2D eigenvalue weighted by Crippen LogP contribution is -2.23. The maximum Gasteiger partial charge on any atom is 0.326 e. The van der Waals surface area contributed by atoms with Gasteiger partial charge in [0.05, 0.1) is 11.0 Å². The van der Waals surface area contributed by atoms with E-state index in [2.05, 4.69) is 10.3 Å². The van der Waals surface area contributed by atoms with E-state index in [0.717, 1.165) is 18.7 Å². The second kappa shape index (κ2) is 6.18. The van der Waals surface area contributed by atoms with Gasteiger partial charge in [-0.15, -0.1) is 0 Å². The molecule has 0 radical (unpaired) electrons. The number of fused-ring (bicyclic) bond motifs is 1. The number of carbonyl (C=O) groups excluding carboxylic acids is 2. The van der Waals surface area contributed by atoms with E-state index in [4.69, 9.17) is 0 Å². The number of imidazole rings is 1. The van der Waals surface area contributed by atoms with Crippen LogP contribution in [0.3, 0.4) is 0 Å². The van der Waals surface area contributed by atoms with Gasteiger partial charge in [0.25, 0.3) is 5.91 Å². The first-order valence-electron chi connectivity index (χ1n) is 8.43. The van der Waals surface area contributed by atoms with E-state index in [1.54, 1.807) is 42.3 Å². The Morgan fingerprint density at radius 1 is 1.12 bits per heavy atom. The fourth-order valence-electron chi connectivity index (χ4n) is 3.21. The molecule has 2 heterocycles. The number of benzene rings is 2. The normalized spacial score (nSPS) is 14.2. The molecule has 1 fully saturated rings. The van der Waals surface area contributed by atoms with Crippen LogP contribution in [-0.4, -0.2) is 27.9 Å². The maximum atomic E-state index is 12.5. The highest BCUT2D eigenvalue weighted by atomic mass is 16.2. The van der Waals surface area contributed by atoms with Crippen molar-refractivity contribution in [1.29, 1.82) is 0 Å². The summed E-state index contributed by atoms with van der Waals surface area (Å²) in [6.45, 7) is 0.736. The number of rotatable bonds is 3. The monoisotopic (exact) mass is 350 g/mol. The Morgan fingerprint density at radius 3 is 2.58 bits per heavy atom. The van der Waals surface area contributed by atoms with E-state index >= 15 is 0 Å². The number of aromatic nitrogens is 2. The molecule has 1 saturated heterocycles. The van der Waals surface area contributed by atoms with Gasteiger partial charge in [0, 0.05) is 37.0 Å². The largest absolute Gasteiger partial charge is 0.326 e. The average molecular weight is 350 g/mol. The minimum absolute atomic E-state index is 0.132. The van der Waals surface area contributed by atoms with Gasteiger partial charge in [-0.05, 0) is 48.9 Å². The number of H-pyrrole nitrogens is 1. The molecule has 0 unspecified atom stereocenters. The van der Waals surface area contributed by atoms with Crippen LogP contribution < -0.4 is 15.9 Å². The number of nitrogens with one attached hydrogen (secondary N) is 2. The molecule has 4 rings (SSSR count). The Kier molecular flexibility index (Phi) is 3.84. The molecule has 3 aromatic rings. The SMILES string of the molecule is Cn1c(=O)[nH]c2ccc(C(=O)Nc3ccc(N4CCCC4=O)cc3)cc21. The fraction of sp³-hybridized carbons (Fsp3) is 0.211. The standard InChI is InChI=1S/C19H18N4O3/c1-22-16-11-12(4-9-15(16)21-19(22)26)18(25)20-13-5-7-14(8-6-13)23-10-2-3-17(23)24/h4-9,11H,2-3,10H2,1H3,(H,20,25)(H,21,26). The zero-order chi connectivity index (χ0) is 18.3. The molecule has 2 N–H and O–H groups in total. The molecule has 1 aliphatic rings. The predicted octanol–water partition coefficient (Wildman–Crippen LogP) is 2.25. The van der Waals surface area contributed by atoms with Crippen molar-refractivity contribution in [1.82, 2.24) is 9.55 Å². The highest BCUT2D eigenvalue weighted by Crippen LogP contribution is 2.23. The van der Waals surface area contributed by atoms with E-state index in [1.165, 1.54) is 4.57 Å². The molecule has 1 aromatic heterocycles. The number of hydrogen-bond donors (Lipinski definition) is 2. The summed E-state index contributed by atoms with van der Waals surface area (Å²) in [6.07, 6.45) is 1.46. The number of aromatic amines is 1. The van der Waals surface area contributed by atoms with Crippen molar-refractivity contribution in [2.24, 2.45) is 7.05 Å². The minimum atomic E-state index is -0.259. The lowest BCUT2D eigenvalue weighted by atomic mass is 10.1. The smallest absolute Gasteiger partial charge is 0.322 e. The van der Waals surface area contributed by atoms with E-state index in [0.29, 0.717) is 28.7 Å². The third kappa shape index (κ3) is 2.77. The van der Waals surface area contributed by atoms with Crippen molar-refractivity contribution in [3.05, 3.63) is 58.5 Å². The summed E-state index contributed by atoms with van der Waals surface area (Å²) in [5, 5.41) is 2.84. The summed E-state index contributed by atoms with van der Waals surface area (Å²) in [5.41, 5.74) is 3.09. The Bertz CT molecular complexity index is 1060. The number of aryl methyl sites for hydroxylation is 1. The molecule has 0 atom stereocenters. The quantitative estimate of drug-likeness (QED) is 0.759. The molecule has 132 valence electrons. The van der Waals surface area contributed by atoms with Gasteiger partial charge in [-0.1, -0.05) is 0 Å². The van der Waals surface area contributed by atoms with Crippen molar-refractivity contribution in [3.8, 4) is 0 Å². The van der Waals surface area contributed by atoms with Gasteiger partial charge in [0.15, 0.2) is 0 Å². The van der Waals surface area contributed by atoms with Gasteiger partial charge >= 0.3 is 5.69 Å². The first-order valence-corrected chi connectivity index (χ1v) is 8.43. The fourth-order valence-corrected chi connectivity index (χ4v) is 3.21. The molecule has 2 amide bonds. The summed E-state index contributed by atoms with van der Waals surface area (Å²) in [4.78, 5) is 40.4. The van der Waals surface area contributed by atoms with Crippen molar-refractivity contribution >= 4 is 34.2 Å². The second-order valence-electron chi connectivity index (χ2n) is 6.37. The maximum absolute atomic E-state index is 12.5. The molecule has 26 heavy (non-hydrogen) atoms. The minimum Gasteiger partial charge on any atom is -0.322 e. The van der Waals surface area contributed by atoms with Gasteiger partial charge in [-0.2, -0.15) is 0 Å². The summed E-state index contributed by atoms with van der Waals surface area (Å²) in [7, 11) is 1.65. The van der Waals surface area contributed by atoms with Crippen LogP contribution in [0.25, 0.3) is 11.0 Å². The van der Waals surface area contributed by atoms with E-state index < -0.39 is 0 Å². The van der Waals surface area contributed by atoms with Crippen molar-refractivity contribution in [2.45, 2.75) is 12.8 Å². The third-order valence-corrected chi connectivity index (χ3v) is 4.68. The number of nitrogens with zero attached hydrogens (tertiary/aromatic N) is 2. The number of amides is 2. The van der Waals surface area contributed by atoms with Crippen LogP contribution >= 0.6 is 0 Å². The first-order chi connectivity index (χ1) is 12.5. The third-order valence-electron chi connectivity index (χ3n) is 4.68. The molecule has 2 aromatic carbocycles. The molecular formula is C19H18N4O3. The van der Waals surface area contributed by atoms with Crippen LogP contribution in [0, 0.1) is 0 Å². The number of carbonyl (C=O) groups is 2. The lowest BCUT2D eigenvalue weighted by Gasteiger charge is -2.16. The highest BCUT2D eigenvalue weighted by molar-refractivity contribution is 6.06. The van der Waals surface area contributed by atoms with Crippen molar-refractivity contribution in [2.75, 3.05) is 16.8 Å². The number of hydrogen-bond acceptors (Lipinski definition) is 3. The highest BCUT2D eigenvalue weighted by Gasteiger charge is 2.21. The van der Waals surface area contributed by atoms with Crippen LogP contribution in [0.2, 0.25) is 0 Å². The van der Waals surface area contributed by atoms with Gasteiger partial charge < -0.3 is 15.2 Å². The Hall–Kier alpha value is -3.35. The summed E-state index contributed by atoms with van der Waals surface area (Å²) in [6, 6.07) is 12.3. The molecule has 0 spiro atoms. The summed E-state index contributed by atoms with van der Waals surface area (Å²) >= 11 is 0. The van der Waals surface area contributed by atoms with Crippen LogP contribution in [0.1, 0.15) is 23.2 Å². The van der Waals surface area contributed by atoms with E-state index in [-0.39, 0.29) is 17.5 Å². The Balaban J connectivity index is 1.53. The van der Waals surface area contributed by atoms with Gasteiger partial charge in [-0.3, -0.25) is 14.2 Å². The van der Waals surface area contributed by atoms with Crippen LogP contribution in [0.15, 0.2) is 47.3 Å². The number of anilines is 2. The van der Waals surface area contributed by atoms with E-state index in [1.807, 2.05) is 12.1 Å². The summed E-state index contributed by atoms with van der Waals surface area (Å²) < 4.78 is 1.47. The molecule has 0 bridgehead atoms. The summed E-state index contributed by atoms with van der Waals surface area (Å²) in [5.74, 6) is -0.127. The van der Waals surface area contributed by atoms with Crippen molar-refractivity contribution < 1.29 is 9.59 Å². The van der Waals surface area contributed by atoms with Crippen molar-refractivity contribution in [3.63, 3.8) is 0 Å². The Morgan fingerprint density at radius 2 is 1.88 bits per heavy atom. The van der Waals surface area contributed by atoms with Crippen LogP contribution in [0.5, 0.6) is 0 Å². The second-order valence-corrected chi connectivity index (χ2v) is 6.37. The van der Waals surface area contributed by atoms with Crippen LogP contribution in [-0.2, 0) is 11.8 Å².